The first kappa shape index (κ1) is 30.8. The lowest BCUT2D eigenvalue weighted by Crippen LogP contribution is -2.30. The van der Waals surface area contributed by atoms with Crippen LogP contribution in [-0.2, 0) is 9.59 Å². The smallest absolute Gasteiger partial charge is 0.272 e. The standard InChI is InChI=1S/C34H32BrN3O3S/c1-4-31(34(41)37-29-18-13-22(2)19-23(29)3)42-28-12-8-11-27(21-28)36-33(40)30(20-24-14-16-26(35)17-15-24)38-32(39)25-9-6-5-7-10-25/h5-21,31H,4H2,1-3H3,(H,36,40)(H,37,41)(H,38,39)/b30-20+. The Hall–Kier alpha value is -4.14. The van der Waals surface area contributed by atoms with E-state index < -0.39 is 5.91 Å². The minimum atomic E-state index is -0.469. The van der Waals surface area contributed by atoms with Crippen LogP contribution in [0.1, 0.15) is 40.4 Å². The van der Waals surface area contributed by atoms with Crippen molar-refractivity contribution in [2.75, 3.05) is 10.6 Å². The summed E-state index contributed by atoms with van der Waals surface area (Å²) in [6, 6.07) is 29.4. The average molecular weight is 643 g/mol. The molecule has 0 aliphatic carbocycles. The molecule has 0 spiro atoms. The fraction of sp³-hybridized carbons (Fsp3) is 0.147. The van der Waals surface area contributed by atoms with Crippen molar-refractivity contribution in [2.24, 2.45) is 0 Å². The Bertz CT molecular complexity index is 1600. The molecule has 0 fully saturated rings. The van der Waals surface area contributed by atoms with E-state index in [1.807, 2.05) is 87.5 Å². The van der Waals surface area contributed by atoms with Crippen LogP contribution in [-0.4, -0.2) is 23.0 Å². The molecule has 3 amide bonds. The molecule has 0 aromatic heterocycles. The molecule has 4 aromatic rings. The first-order valence-corrected chi connectivity index (χ1v) is 15.2. The predicted octanol–water partition coefficient (Wildman–Crippen LogP) is 7.98. The van der Waals surface area contributed by atoms with Gasteiger partial charge in [-0.3, -0.25) is 14.4 Å². The van der Waals surface area contributed by atoms with Gasteiger partial charge in [0.1, 0.15) is 5.70 Å². The van der Waals surface area contributed by atoms with Crippen LogP contribution >= 0.6 is 27.7 Å². The highest BCUT2D eigenvalue weighted by Gasteiger charge is 2.20. The number of anilines is 2. The maximum atomic E-state index is 13.4. The van der Waals surface area contributed by atoms with Crippen molar-refractivity contribution in [3.05, 3.63) is 129 Å². The number of halogens is 1. The van der Waals surface area contributed by atoms with Crippen LogP contribution in [0.2, 0.25) is 0 Å². The molecular formula is C34H32BrN3O3S. The molecular weight excluding hydrogens is 610 g/mol. The van der Waals surface area contributed by atoms with Crippen molar-refractivity contribution < 1.29 is 14.4 Å². The summed E-state index contributed by atoms with van der Waals surface area (Å²) in [4.78, 5) is 40.3. The molecule has 1 unspecified atom stereocenters. The lowest BCUT2D eigenvalue weighted by molar-refractivity contribution is -0.116. The van der Waals surface area contributed by atoms with Crippen molar-refractivity contribution in [3.63, 3.8) is 0 Å². The zero-order valence-corrected chi connectivity index (χ0v) is 26.0. The summed E-state index contributed by atoms with van der Waals surface area (Å²) in [5.41, 5.74) is 4.79. The van der Waals surface area contributed by atoms with Crippen LogP contribution < -0.4 is 16.0 Å². The summed E-state index contributed by atoms with van der Waals surface area (Å²) >= 11 is 4.85. The van der Waals surface area contributed by atoms with Gasteiger partial charge in [0.15, 0.2) is 0 Å². The predicted molar refractivity (Wildman–Crippen MR) is 176 cm³/mol. The zero-order valence-electron chi connectivity index (χ0n) is 23.6. The minimum Gasteiger partial charge on any atom is -0.325 e. The van der Waals surface area contributed by atoms with Gasteiger partial charge in [0, 0.05) is 26.3 Å². The Morgan fingerprint density at radius 3 is 2.29 bits per heavy atom. The van der Waals surface area contributed by atoms with Crippen LogP contribution in [0.3, 0.4) is 0 Å². The summed E-state index contributed by atoms with van der Waals surface area (Å²) in [6.07, 6.45) is 2.26. The van der Waals surface area contributed by atoms with Crippen LogP contribution in [0.5, 0.6) is 0 Å². The molecule has 0 aliphatic rings. The summed E-state index contributed by atoms with van der Waals surface area (Å²) < 4.78 is 0.904. The highest BCUT2D eigenvalue weighted by atomic mass is 79.9. The second kappa shape index (κ2) is 14.7. The molecule has 0 aliphatic heterocycles. The minimum absolute atomic E-state index is 0.0766. The van der Waals surface area contributed by atoms with Gasteiger partial charge >= 0.3 is 0 Å². The van der Waals surface area contributed by atoms with E-state index in [0.29, 0.717) is 17.7 Å². The third-order valence-electron chi connectivity index (χ3n) is 6.38. The Morgan fingerprint density at radius 2 is 1.60 bits per heavy atom. The van der Waals surface area contributed by atoms with Crippen molar-refractivity contribution in [2.45, 2.75) is 37.3 Å². The second-order valence-electron chi connectivity index (χ2n) is 9.73. The van der Waals surface area contributed by atoms with Crippen LogP contribution in [0.4, 0.5) is 11.4 Å². The van der Waals surface area contributed by atoms with Crippen LogP contribution in [0, 0.1) is 13.8 Å². The van der Waals surface area contributed by atoms with Gasteiger partial charge in [-0.25, -0.2) is 0 Å². The highest BCUT2D eigenvalue weighted by molar-refractivity contribution is 9.10. The summed E-state index contributed by atoms with van der Waals surface area (Å²) in [5, 5.41) is 8.38. The number of carbonyl (C=O) groups excluding carboxylic acids is 3. The van der Waals surface area contributed by atoms with Gasteiger partial charge in [-0.15, -0.1) is 11.8 Å². The van der Waals surface area contributed by atoms with Crippen molar-refractivity contribution >= 4 is 62.9 Å². The molecule has 8 heteroatoms. The van der Waals surface area contributed by atoms with Gasteiger partial charge < -0.3 is 16.0 Å². The Morgan fingerprint density at radius 1 is 0.857 bits per heavy atom. The number of amides is 3. The van der Waals surface area contributed by atoms with Crippen LogP contribution in [0.15, 0.2) is 112 Å². The molecule has 0 saturated heterocycles. The summed E-state index contributed by atoms with van der Waals surface area (Å²) in [6.45, 7) is 5.97. The first-order valence-electron chi connectivity index (χ1n) is 13.5. The molecule has 4 aromatic carbocycles. The van der Waals surface area contributed by atoms with Crippen molar-refractivity contribution in [1.29, 1.82) is 0 Å². The van der Waals surface area contributed by atoms with E-state index in [9.17, 15) is 14.4 Å². The maximum Gasteiger partial charge on any atom is 0.272 e. The van der Waals surface area contributed by atoms with E-state index >= 15 is 0 Å². The maximum absolute atomic E-state index is 13.4. The van der Waals surface area contributed by atoms with E-state index in [4.69, 9.17) is 0 Å². The third kappa shape index (κ3) is 8.68. The third-order valence-corrected chi connectivity index (χ3v) is 8.27. The molecule has 0 heterocycles. The topological polar surface area (TPSA) is 87.3 Å². The molecule has 42 heavy (non-hydrogen) atoms. The highest BCUT2D eigenvalue weighted by Crippen LogP contribution is 2.29. The molecule has 0 bridgehead atoms. The fourth-order valence-corrected chi connectivity index (χ4v) is 5.44. The van der Waals surface area contributed by atoms with E-state index in [-0.39, 0.29) is 22.8 Å². The number of nitrogens with one attached hydrogen (secondary N) is 3. The van der Waals surface area contributed by atoms with Crippen molar-refractivity contribution in [3.8, 4) is 0 Å². The molecule has 1 atom stereocenters. The molecule has 3 N–H and O–H groups in total. The van der Waals surface area contributed by atoms with Gasteiger partial charge in [-0.2, -0.15) is 0 Å². The number of rotatable bonds is 10. The number of thioether (sulfide) groups is 1. The largest absolute Gasteiger partial charge is 0.325 e. The number of carbonyl (C=O) groups is 3. The fourth-order valence-electron chi connectivity index (χ4n) is 4.17. The van der Waals surface area contributed by atoms with E-state index in [2.05, 4.69) is 31.9 Å². The van der Waals surface area contributed by atoms with Gasteiger partial charge in [0.25, 0.3) is 11.8 Å². The van der Waals surface area contributed by atoms with Crippen LogP contribution in [0.25, 0.3) is 6.08 Å². The SMILES string of the molecule is CCC(Sc1cccc(NC(=O)/C(=C\c2ccc(Br)cc2)NC(=O)c2ccccc2)c1)C(=O)Nc1ccc(C)cc1C. The lowest BCUT2D eigenvalue weighted by Gasteiger charge is -2.17. The molecule has 4 rings (SSSR count). The van der Waals surface area contributed by atoms with Crippen molar-refractivity contribution in [1.82, 2.24) is 5.32 Å². The Kier molecular flexibility index (Phi) is 10.8. The van der Waals surface area contributed by atoms with E-state index in [1.165, 1.54) is 11.8 Å². The summed E-state index contributed by atoms with van der Waals surface area (Å²) in [5.74, 6) is -0.935. The number of hydrogen-bond donors (Lipinski definition) is 3. The van der Waals surface area contributed by atoms with E-state index in [1.54, 1.807) is 36.4 Å². The molecule has 0 saturated carbocycles. The Balaban J connectivity index is 1.50. The lowest BCUT2D eigenvalue weighted by atomic mass is 10.1. The Labute approximate surface area is 259 Å². The monoisotopic (exact) mass is 641 g/mol. The summed E-state index contributed by atoms with van der Waals surface area (Å²) in [7, 11) is 0. The second-order valence-corrected chi connectivity index (χ2v) is 11.9. The molecule has 6 nitrogen and oxygen atoms in total. The number of aryl methyl sites for hydroxylation is 2. The van der Waals surface area contributed by atoms with Gasteiger partial charge in [-0.1, -0.05) is 76.9 Å². The van der Waals surface area contributed by atoms with Gasteiger partial charge in [0.05, 0.1) is 5.25 Å². The average Bonchev–Trinajstić information content (AvgIpc) is 2.98. The number of benzene rings is 4. The zero-order chi connectivity index (χ0) is 30.1. The first-order chi connectivity index (χ1) is 20.2. The number of hydrogen-bond acceptors (Lipinski definition) is 4. The molecule has 0 radical (unpaired) electrons. The van der Waals surface area contributed by atoms with Gasteiger partial charge in [-0.05, 0) is 86.0 Å². The van der Waals surface area contributed by atoms with E-state index in [0.717, 1.165) is 31.7 Å². The normalized spacial score (nSPS) is 11.9. The van der Waals surface area contributed by atoms with Gasteiger partial charge in [0.2, 0.25) is 5.91 Å². The molecule has 214 valence electrons. The quantitative estimate of drug-likeness (QED) is 0.121.